The highest BCUT2D eigenvalue weighted by Gasteiger charge is 2.13. The molecule has 0 unspecified atom stereocenters. The van der Waals surface area contributed by atoms with Crippen molar-refractivity contribution in [2.45, 2.75) is 65.7 Å². The largest absolute Gasteiger partial charge is 0.466 e. The molecule has 1 aromatic rings. The van der Waals surface area contributed by atoms with Gasteiger partial charge in [-0.05, 0) is 37.8 Å². The van der Waals surface area contributed by atoms with Crippen molar-refractivity contribution in [3.63, 3.8) is 0 Å². The fraction of sp³-hybridized carbons (Fsp3) is 0.647. The highest BCUT2D eigenvalue weighted by atomic mass is 16.3. The molecular formula is C17H28O. The third-order valence-corrected chi connectivity index (χ3v) is 3.59. The predicted octanol–water partition coefficient (Wildman–Crippen LogP) is 5.68. The van der Waals surface area contributed by atoms with Crippen LogP contribution in [-0.2, 0) is 6.42 Å². The number of hydrogen-bond acceptors (Lipinski definition) is 1. The summed E-state index contributed by atoms with van der Waals surface area (Å²) in [6.07, 6.45) is 8.65. The quantitative estimate of drug-likeness (QED) is 0.512. The summed E-state index contributed by atoms with van der Waals surface area (Å²) in [7, 11) is 0. The highest BCUT2D eigenvalue weighted by Crippen LogP contribution is 2.26. The molecule has 0 atom stereocenters. The molecule has 0 radical (unpaired) electrons. The zero-order valence-corrected chi connectivity index (χ0v) is 12.3. The van der Waals surface area contributed by atoms with Crippen molar-refractivity contribution in [1.29, 1.82) is 0 Å². The zero-order valence-electron chi connectivity index (χ0n) is 12.3. The van der Waals surface area contributed by atoms with Crippen molar-refractivity contribution >= 4 is 0 Å². The van der Waals surface area contributed by atoms with Gasteiger partial charge in [0.15, 0.2) is 0 Å². The van der Waals surface area contributed by atoms with Crippen LogP contribution < -0.4 is 0 Å². The van der Waals surface area contributed by atoms with Crippen LogP contribution in [-0.4, -0.2) is 0 Å². The lowest BCUT2D eigenvalue weighted by Crippen LogP contribution is -2.06. The van der Waals surface area contributed by atoms with E-state index in [0.717, 1.165) is 17.9 Å². The highest BCUT2D eigenvalue weighted by molar-refractivity contribution is 5.14. The Hall–Kier alpha value is -0.980. The Morgan fingerprint density at radius 1 is 1.17 bits per heavy atom. The van der Waals surface area contributed by atoms with E-state index in [9.17, 15) is 0 Å². The molecule has 0 aromatic carbocycles. The van der Waals surface area contributed by atoms with E-state index < -0.39 is 0 Å². The van der Waals surface area contributed by atoms with Crippen LogP contribution in [0.2, 0.25) is 0 Å². The Morgan fingerprint density at radius 2 is 1.78 bits per heavy atom. The van der Waals surface area contributed by atoms with E-state index in [1.165, 1.54) is 44.1 Å². The van der Waals surface area contributed by atoms with Crippen LogP contribution in [0.5, 0.6) is 0 Å². The summed E-state index contributed by atoms with van der Waals surface area (Å²) in [5.41, 5.74) is 1.35. The second kappa shape index (κ2) is 8.18. The summed E-state index contributed by atoms with van der Waals surface area (Å²) in [5.74, 6) is 2.74. The van der Waals surface area contributed by atoms with Gasteiger partial charge < -0.3 is 4.42 Å². The molecule has 0 aliphatic carbocycles. The fourth-order valence-electron chi connectivity index (χ4n) is 2.40. The van der Waals surface area contributed by atoms with E-state index in [1.807, 2.05) is 13.0 Å². The normalized spacial score (nSPS) is 11.1. The van der Waals surface area contributed by atoms with Crippen molar-refractivity contribution in [3.05, 3.63) is 35.8 Å². The summed E-state index contributed by atoms with van der Waals surface area (Å²) in [6, 6.07) is 4.12. The first kappa shape index (κ1) is 15.1. The lowest BCUT2D eigenvalue weighted by atomic mass is 9.87. The first-order valence-electron chi connectivity index (χ1n) is 7.40. The third-order valence-electron chi connectivity index (χ3n) is 3.59. The Kier molecular flexibility index (Phi) is 6.85. The second-order valence-corrected chi connectivity index (χ2v) is 5.33. The van der Waals surface area contributed by atoms with E-state index >= 15 is 0 Å². The van der Waals surface area contributed by atoms with E-state index in [1.54, 1.807) is 0 Å². The molecule has 1 heteroatoms. The molecule has 0 saturated heterocycles. The van der Waals surface area contributed by atoms with Crippen LogP contribution in [0.4, 0.5) is 0 Å². The van der Waals surface area contributed by atoms with Gasteiger partial charge >= 0.3 is 0 Å². The third kappa shape index (κ3) is 5.12. The van der Waals surface area contributed by atoms with Gasteiger partial charge in [0.25, 0.3) is 0 Å². The van der Waals surface area contributed by atoms with Crippen LogP contribution in [0, 0.1) is 12.8 Å². The summed E-state index contributed by atoms with van der Waals surface area (Å²) in [5, 5.41) is 0. The molecule has 0 aliphatic heterocycles. The van der Waals surface area contributed by atoms with Crippen molar-refractivity contribution in [2.24, 2.45) is 5.92 Å². The standard InChI is InChI=1S/C17H28O/c1-5-7-9-16(10-8-6-2)14(3)13-17-12-11-15(4)18-17/h11-12,16H,3,5-10,13H2,1-2,4H3. The lowest BCUT2D eigenvalue weighted by molar-refractivity contribution is 0.446. The van der Waals surface area contributed by atoms with Crippen LogP contribution in [0.25, 0.3) is 0 Å². The number of rotatable bonds is 9. The number of hydrogen-bond donors (Lipinski definition) is 0. The summed E-state index contributed by atoms with van der Waals surface area (Å²) in [4.78, 5) is 0. The van der Waals surface area contributed by atoms with Crippen molar-refractivity contribution in [2.75, 3.05) is 0 Å². The minimum absolute atomic E-state index is 0.676. The van der Waals surface area contributed by atoms with E-state index in [4.69, 9.17) is 4.42 Å². The molecule has 1 aromatic heterocycles. The van der Waals surface area contributed by atoms with Crippen LogP contribution in [0.15, 0.2) is 28.7 Å². The summed E-state index contributed by atoms with van der Waals surface area (Å²) >= 11 is 0. The number of aryl methyl sites for hydroxylation is 1. The fourth-order valence-corrected chi connectivity index (χ4v) is 2.40. The van der Waals surface area contributed by atoms with Crippen LogP contribution in [0.3, 0.4) is 0 Å². The van der Waals surface area contributed by atoms with Gasteiger partial charge in [-0.3, -0.25) is 0 Å². The van der Waals surface area contributed by atoms with Gasteiger partial charge in [-0.25, -0.2) is 0 Å². The van der Waals surface area contributed by atoms with Gasteiger partial charge in [-0.15, -0.1) is 0 Å². The van der Waals surface area contributed by atoms with Crippen molar-refractivity contribution in [1.82, 2.24) is 0 Å². The molecule has 0 saturated carbocycles. The number of allylic oxidation sites excluding steroid dienone is 1. The molecular weight excluding hydrogens is 220 g/mol. The molecule has 0 bridgehead atoms. The minimum atomic E-state index is 0.676. The van der Waals surface area contributed by atoms with Crippen LogP contribution >= 0.6 is 0 Å². The van der Waals surface area contributed by atoms with Gasteiger partial charge in [-0.1, -0.05) is 51.7 Å². The van der Waals surface area contributed by atoms with Gasteiger partial charge in [0.2, 0.25) is 0 Å². The average molecular weight is 248 g/mol. The Labute approximate surface area is 112 Å². The minimum Gasteiger partial charge on any atom is -0.466 e. The molecule has 0 N–H and O–H groups in total. The van der Waals surface area contributed by atoms with Crippen molar-refractivity contribution in [3.8, 4) is 0 Å². The number of furan rings is 1. The van der Waals surface area contributed by atoms with E-state index in [0.29, 0.717) is 5.92 Å². The van der Waals surface area contributed by atoms with Gasteiger partial charge in [-0.2, -0.15) is 0 Å². The summed E-state index contributed by atoms with van der Waals surface area (Å²) in [6.45, 7) is 10.8. The average Bonchev–Trinajstić information content (AvgIpc) is 2.75. The first-order chi connectivity index (χ1) is 8.67. The monoisotopic (exact) mass is 248 g/mol. The Morgan fingerprint density at radius 3 is 2.22 bits per heavy atom. The maximum atomic E-state index is 5.65. The Balaban J connectivity index is 2.51. The lowest BCUT2D eigenvalue weighted by Gasteiger charge is -2.18. The van der Waals surface area contributed by atoms with E-state index in [-0.39, 0.29) is 0 Å². The molecule has 1 nitrogen and oxygen atoms in total. The summed E-state index contributed by atoms with van der Waals surface area (Å²) < 4.78 is 5.65. The topological polar surface area (TPSA) is 13.1 Å². The Bertz CT molecular complexity index is 340. The molecule has 0 fully saturated rings. The predicted molar refractivity (Wildman–Crippen MR) is 78.8 cm³/mol. The molecule has 18 heavy (non-hydrogen) atoms. The first-order valence-corrected chi connectivity index (χ1v) is 7.40. The molecule has 0 aliphatic rings. The molecule has 102 valence electrons. The van der Waals surface area contributed by atoms with Crippen LogP contribution in [0.1, 0.15) is 63.9 Å². The maximum Gasteiger partial charge on any atom is 0.108 e. The molecule has 1 rings (SSSR count). The van der Waals surface area contributed by atoms with E-state index in [2.05, 4.69) is 26.5 Å². The van der Waals surface area contributed by atoms with Crippen molar-refractivity contribution < 1.29 is 4.42 Å². The molecule has 0 spiro atoms. The van der Waals surface area contributed by atoms with Gasteiger partial charge in [0, 0.05) is 6.42 Å². The van der Waals surface area contributed by atoms with Gasteiger partial charge in [0.1, 0.15) is 11.5 Å². The molecule has 1 heterocycles. The smallest absolute Gasteiger partial charge is 0.108 e. The second-order valence-electron chi connectivity index (χ2n) is 5.33. The zero-order chi connectivity index (χ0) is 13.4. The SMILES string of the molecule is C=C(Cc1ccc(C)o1)C(CCCC)CCCC. The molecule has 0 amide bonds. The van der Waals surface area contributed by atoms with Gasteiger partial charge in [0.05, 0.1) is 0 Å². The number of unbranched alkanes of at least 4 members (excludes halogenated alkanes) is 2. The maximum absolute atomic E-state index is 5.65.